The van der Waals surface area contributed by atoms with E-state index in [2.05, 4.69) is 4.90 Å². The summed E-state index contributed by atoms with van der Waals surface area (Å²) in [5.41, 5.74) is 5.25. The van der Waals surface area contributed by atoms with Crippen molar-refractivity contribution < 1.29 is 13.2 Å². The van der Waals surface area contributed by atoms with Gasteiger partial charge in [0, 0.05) is 25.7 Å². The number of likely N-dealkylation sites (N-methyl/N-ethyl adjacent to an activating group) is 1. The fourth-order valence-corrected chi connectivity index (χ4v) is 2.58. The Kier molecular flexibility index (Phi) is 5.22. The Morgan fingerprint density at radius 2 is 1.94 bits per heavy atom. The van der Waals surface area contributed by atoms with Gasteiger partial charge in [-0.1, -0.05) is 13.8 Å². The molecule has 17 heavy (non-hydrogen) atoms. The van der Waals surface area contributed by atoms with E-state index < -0.39 is 12.2 Å². The standard InChI is InChI=1S/C11H22F3N3/c1-3-16(4-2)9-5-6-17(8-9)10(7-15)11(12,13)14/h9-10H,3-8,15H2,1-2H3. The maximum atomic E-state index is 12.7. The lowest BCUT2D eigenvalue weighted by atomic mass is 10.2. The molecule has 3 nitrogen and oxygen atoms in total. The highest BCUT2D eigenvalue weighted by molar-refractivity contribution is 4.89. The summed E-state index contributed by atoms with van der Waals surface area (Å²) in [5.74, 6) is 0. The molecular weight excluding hydrogens is 231 g/mol. The maximum Gasteiger partial charge on any atom is 0.405 e. The van der Waals surface area contributed by atoms with E-state index in [0.29, 0.717) is 13.1 Å². The van der Waals surface area contributed by atoms with Crippen LogP contribution in [-0.2, 0) is 0 Å². The molecule has 1 aliphatic heterocycles. The zero-order valence-corrected chi connectivity index (χ0v) is 10.5. The minimum absolute atomic E-state index is 0.237. The first-order chi connectivity index (χ1) is 7.93. The van der Waals surface area contributed by atoms with Crippen LogP contribution >= 0.6 is 0 Å². The molecule has 0 aromatic rings. The lowest BCUT2D eigenvalue weighted by molar-refractivity contribution is -0.178. The smallest absolute Gasteiger partial charge is 0.329 e. The topological polar surface area (TPSA) is 32.5 Å². The van der Waals surface area contributed by atoms with Crippen LogP contribution in [0.15, 0.2) is 0 Å². The van der Waals surface area contributed by atoms with Gasteiger partial charge < -0.3 is 5.73 Å². The lowest BCUT2D eigenvalue weighted by Crippen LogP contribution is -2.50. The molecule has 0 aliphatic carbocycles. The zero-order valence-electron chi connectivity index (χ0n) is 10.5. The Hall–Kier alpha value is -0.330. The van der Waals surface area contributed by atoms with Crippen molar-refractivity contribution in [2.75, 3.05) is 32.7 Å². The van der Waals surface area contributed by atoms with Crippen LogP contribution in [0.4, 0.5) is 13.2 Å². The van der Waals surface area contributed by atoms with Crippen molar-refractivity contribution in [3.05, 3.63) is 0 Å². The predicted molar refractivity (Wildman–Crippen MR) is 61.8 cm³/mol. The van der Waals surface area contributed by atoms with Crippen LogP contribution in [0.1, 0.15) is 20.3 Å². The van der Waals surface area contributed by atoms with Crippen molar-refractivity contribution in [2.45, 2.75) is 38.5 Å². The van der Waals surface area contributed by atoms with Crippen molar-refractivity contribution in [1.29, 1.82) is 0 Å². The van der Waals surface area contributed by atoms with Crippen LogP contribution in [-0.4, -0.2) is 60.8 Å². The summed E-state index contributed by atoms with van der Waals surface area (Å²) in [6.07, 6.45) is -3.42. The van der Waals surface area contributed by atoms with E-state index in [-0.39, 0.29) is 12.6 Å². The molecule has 1 heterocycles. The van der Waals surface area contributed by atoms with Crippen LogP contribution in [0.5, 0.6) is 0 Å². The van der Waals surface area contributed by atoms with E-state index in [0.717, 1.165) is 19.5 Å². The third-order valence-corrected chi connectivity index (χ3v) is 3.57. The molecule has 2 unspecified atom stereocenters. The molecule has 0 amide bonds. The SMILES string of the molecule is CCN(CC)C1CCN(C(CN)C(F)(F)F)C1. The van der Waals surface area contributed by atoms with Crippen LogP contribution in [0.25, 0.3) is 0 Å². The van der Waals surface area contributed by atoms with Crippen molar-refractivity contribution in [3.8, 4) is 0 Å². The summed E-state index contributed by atoms with van der Waals surface area (Å²) in [6, 6.07) is -1.25. The highest BCUT2D eigenvalue weighted by Crippen LogP contribution is 2.28. The Labute approximate surface area is 101 Å². The van der Waals surface area contributed by atoms with Gasteiger partial charge in [0.15, 0.2) is 0 Å². The number of likely N-dealkylation sites (tertiary alicyclic amines) is 1. The van der Waals surface area contributed by atoms with Crippen molar-refractivity contribution in [1.82, 2.24) is 9.80 Å². The first kappa shape index (κ1) is 14.7. The second-order valence-electron chi connectivity index (χ2n) is 4.45. The third-order valence-electron chi connectivity index (χ3n) is 3.57. The molecule has 2 atom stereocenters. The molecule has 1 rings (SSSR count). The van der Waals surface area contributed by atoms with E-state index in [1.165, 1.54) is 4.90 Å². The average molecular weight is 253 g/mol. The minimum Gasteiger partial charge on any atom is -0.329 e. The highest BCUT2D eigenvalue weighted by atomic mass is 19.4. The van der Waals surface area contributed by atoms with Gasteiger partial charge in [-0.15, -0.1) is 0 Å². The van der Waals surface area contributed by atoms with Crippen LogP contribution in [0.3, 0.4) is 0 Å². The number of rotatable bonds is 5. The molecule has 0 aromatic heterocycles. The first-order valence-electron chi connectivity index (χ1n) is 6.18. The molecule has 1 aliphatic rings. The number of nitrogens with two attached hydrogens (primary N) is 1. The van der Waals surface area contributed by atoms with Gasteiger partial charge in [-0.05, 0) is 19.5 Å². The van der Waals surface area contributed by atoms with Gasteiger partial charge in [0.25, 0.3) is 0 Å². The Morgan fingerprint density at radius 3 is 2.35 bits per heavy atom. The fourth-order valence-electron chi connectivity index (χ4n) is 2.58. The molecule has 1 saturated heterocycles. The molecule has 102 valence electrons. The zero-order chi connectivity index (χ0) is 13.1. The van der Waals surface area contributed by atoms with E-state index in [4.69, 9.17) is 5.73 Å². The largest absolute Gasteiger partial charge is 0.405 e. The van der Waals surface area contributed by atoms with Crippen molar-refractivity contribution in [3.63, 3.8) is 0 Å². The van der Waals surface area contributed by atoms with E-state index >= 15 is 0 Å². The van der Waals surface area contributed by atoms with Gasteiger partial charge in [-0.3, -0.25) is 9.80 Å². The van der Waals surface area contributed by atoms with E-state index in [1.807, 2.05) is 13.8 Å². The van der Waals surface area contributed by atoms with Crippen LogP contribution in [0.2, 0.25) is 0 Å². The summed E-state index contributed by atoms with van der Waals surface area (Å²) in [5, 5.41) is 0. The molecule has 0 bridgehead atoms. The molecule has 0 spiro atoms. The fraction of sp³-hybridized carbons (Fsp3) is 1.00. The van der Waals surface area contributed by atoms with Crippen LogP contribution < -0.4 is 5.73 Å². The molecular formula is C11H22F3N3. The predicted octanol–water partition coefficient (Wildman–Crippen LogP) is 1.29. The molecule has 2 N–H and O–H groups in total. The van der Waals surface area contributed by atoms with E-state index in [9.17, 15) is 13.2 Å². The summed E-state index contributed by atoms with van der Waals surface area (Å²) in [6.45, 7) is 6.45. The normalized spacial score (nSPS) is 24.5. The van der Waals surface area contributed by atoms with Gasteiger partial charge in [-0.2, -0.15) is 13.2 Å². The number of nitrogens with zero attached hydrogens (tertiary/aromatic N) is 2. The summed E-state index contributed by atoms with van der Waals surface area (Å²) >= 11 is 0. The number of hydrogen-bond donors (Lipinski definition) is 1. The monoisotopic (exact) mass is 253 g/mol. The number of halogens is 3. The molecule has 1 fully saturated rings. The Morgan fingerprint density at radius 1 is 1.35 bits per heavy atom. The second-order valence-corrected chi connectivity index (χ2v) is 4.45. The quantitative estimate of drug-likeness (QED) is 0.801. The summed E-state index contributed by atoms with van der Waals surface area (Å²) in [4.78, 5) is 3.69. The molecule has 0 saturated carbocycles. The van der Waals surface area contributed by atoms with Gasteiger partial charge in [-0.25, -0.2) is 0 Å². The van der Waals surface area contributed by atoms with E-state index in [1.54, 1.807) is 0 Å². The Bertz CT molecular complexity index is 228. The highest BCUT2D eigenvalue weighted by Gasteiger charge is 2.45. The number of alkyl halides is 3. The third kappa shape index (κ3) is 3.56. The molecule has 0 aromatic carbocycles. The van der Waals surface area contributed by atoms with Gasteiger partial charge in [0.05, 0.1) is 0 Å². The second kappa shape index (κ2) is 6.02. The van der Waals surface area contributed by atoms with Gasteiger partial charge >= 0.3 is 6.18 Å². The Balaban J connectivity index is 2.59. The number of hydrogen-bond acceptors (Lipinski definition) is 3. The van der Waals surface area contributed by atoms with Gasteiger partial charge in [0.2, 0.25) is 0 Å². The van der Waals surface area contributed by atoms with Crippen molar-refractivity contribution in [2.24, 2.45) is 5.73 Å². The maximum absolute atomic E-state index is 12.7. The summed E-state index contributed by atoms with van der Waals surface area (Å²) < 4.78 is 38.2. The van der Waals surface area contributed by atoms with Crippen LogP contribution in [0, 0.1) is 0 Å². The van der Waals surface area contributed by atoms with Crippen molar-refractivity contribution >= 4 is 0 Å². The first-order valence-corrected chi connectivity index (χ1v) is 6.18. The van der Waals surface area contributed by atoms with Gasteiger partial charge in [0.1, 0.15) is 6.04 Å². The average Bonchev–Trinajstić information content (AvgIpc) is 2.68. The molecule has 6 heteroatoms. The summed E-state index contributed by atoms with van der Waals surface area (Å²) in [7, 11) is 0. The molecule has 0 radical (unpaired) electrons. The lowest BCUT2D eigenvalue weighted by Gasteiger charge is -2.30. The minimum atomic E-state index is -4.22.